The molecular weight excluding hydrogens is 256 g/mol. The van der Waals surface area contributed by atoms with Gasteiger partial charge >= 0.3 is 0 Å². The van der Waals surface area contributed by atoms with Crippen molar-refractivity contribution in [2.45, 2.75) is 0 Å². The second kappa shape index (κ2) is 4.97. The molecule has 0 aliphatic heterocycles. The van der Waals surface area contributed by atoms with Crippen molar-refractivity contribution in [3.63, 3.8) is 0 Å². The van der Waals surface area contributed by atoms with Crippen molar-refractivity contribution in [3.8, 4) is 22.7 Å². The molecule has 0 aliphatic rings. The van der Waals surface area contributed by atoms with Gasteiger partial charge in [0.2, 0.25) is 5.89 Å². The van der Waals surface area contributed by atoms with Gasteiger partial charge < -0.3 is 4.42 Å². The van der Waals surface area contributed by atoms with E-state index in [-0.39, 0.29) is 5.69 Å². The highest BCUT2D eigenvalue weighted by Crippen LogP contribution is 2.30. The SMILES string of the molecule is O=[N+]([O-])c1ccccc1-c1coc(-c2ccccc2)n1. The number of nitrogens with zero attached hydrogens (tertiary/aromatic N) is 2. The van der Waals surface area contributed by atoms with E-state index in [0.29, 0.717) is 17.1 Å². The van der Waals surface area contributed by atoms with Gasteiger partial charge in [-0.3, -0.25) is 10.1 Å². The van der Waals surface area contributed by atoms with Crippen molar-refractivity contribution in [3.05, 3.63) is 71.0 Å². The Balaban J connectivity index is 2.05. The Kier molecular flexibility index (Phi) is 3.01. The Morgan fingerprint density at radius 2 is 1.70 bits per heavy atom. The first-order valence-corrected chi connectivity index (χ1v) is 6.00. The molecule has 0 saturated carbocycles. The number of benzene rings is 2. The average Bonchev–Trinajstić information content (AvgIpc) is 2.98. The fourth-order valence-electron chi connectivity index (χ4n) is 1.96. The van der Waals surface area contributed by atoms with Crippen LogP contribution < -0.4 is 0 Å². The van der Waals surface area contributed by atoms with Crippen LogP contribution in [0.15, 0.2) is 65.3 Å². The van der Waals surface area contributed by atoms with E-state index in [1.165, 1.54) is 12.3 Å². The zero-order valence-electron chi connectivity index (χ0n) is 10.4. The fraction of sp³-hybridized carbons (Fsp3) is 0. The number of nitro groups is 1. The van der Waals surface area contributed by atoms with Crippen molar-refractivity contribution < 1.29 is 9.34 Å². The fourth-order valence-corrected chi connectivity index (χ4v) is 1.96. The van der Waals surface area contributed by atoms with Crippen LogP contribution in [0.4, 0.5) is 5.69 Å². The summed E-state index contributed by atoms with van der Waals surface area (Å²) >= 11 is 0. The Bertz CT molecular complexity index is 751. The average molecular weight is 266 g/mol. The maximum Gasteiger partial charge on any atom is 0.278 e. The number of hydrogen-bond acceptors (Lipinski definition) is 4. The molecular formula is C15H10N2O3. The summed E-state index contributed by atoms with van der Waals surface area (Å²) in [6, 6.07) is 15.9. The molecule has 3 rings (SSSR count). The third kappa shape index (κ3) is 2.16. The van der Waals surface area contributed by atoms with E-state index in [2.05, 4.69) is 4.98 Å². The zero-order chi connectivity index (χ0) is 13.9. The molecule has 0 amide bonds. The Morgan fingerprint density at radius 1 is 1.00 bits per heavy atom. The first kappa shape index (κ1) is 12.1. The number of oxazole rings is 1. The highest BCUT2D eigenvalue weighted by atomic mass is 16.6. The maximum absolute atomic E-state index is 11.0. The van der Waals surface area contributed by atoms with Gasteiger partial charge in [-0.25, -0.2) is 4.98 Å². The second-order valence-corrected chi connectivity index (χ2v) is 4.18. The third-order valence-corrected chi connectivity index (χ3v) is 2.90. The van der Waals surface area contributed by atoms with Crippen molar-refractivity contribution in [1.29, 1.82) is 0 Å². The topological polar surface area (TPSA) is 69.2 Å². The molecule has 0 N–H and O–H groups in total. The van der Waals surface area contributed by atoms with Crippen LogP contribution in [0, 0.1) is 10.1 Å². The molecule has 0 aliphatic carbocycles. The first-order chi connectivity index (χ1) is 9.75. The van der Waals surface area contributed by atoms with Crippen LogP contribution in [0.25, 0.3) is 22.7 Å². The molecule has 1 aromatic heterocycles. The summed E-state index contributed by atoms with van der Waals surface area (Å²) in [7, 11) is 0. The molecule has 0 radical (unpaired) electrons. The van der Waals surface area contributed by atoms with Crippen molar-refractivity contribution in [2.24, 2.45) is 0 Å². The lowest BCUT2D eigenvalue weighted by Gasteiger charge is -1.97. The van der Waals surface area contributed by atoms with Crippen LogP contribution in [0.5, 0.6) is 0 Å². The molecule has 98 valence electrons. The van der Waals surface area contributed by atoms with E-state index in [1.807, 2.05) is 30.3 Å². The molecule has 5 nitrogen and oxygen atoms in total. The lowest BCUT2D eigenvalue weighted by Crippen LogP contribution is -1.91. The molecule has 20 heavy (non-hydrogen) atoms. The Labute approximate surface area is 114 Å². The third-order valence-electron chi connectivity index (χ3n) is 2.90. The minimum absolute atomic E-state index is 0.0143. The molecule has 0 atom stereocenters. The number of para-hydroxylation sites is 1. The van der Waals surface area contributed by atoms with Crippen LogP contribution in [-0.2, 0) is 0 Å². The molecule has 2 aromatic carbocycles. The summed E-state index contributed by atoms with van der Waals surface area (Å²) in [5.41, 5.74) is 1.75. The molecule has 0 fully saturated rings. The molecule has 0 saturated heterocycles. The smallest absolute Gasteiger partial charge is 0.278 e. The number of rotatable bonds is 3. The van der Waals surface area contributed by atoms with Gasteiger partial charge in [0, 0.05) is 11.6 Å². The normalized spacial score (nSPS) is 10.4. The van der Waals surface area contributed by atoms with Crippen LogP contribution in [0.2, 0.25) is 0 Å². The Morgan fingerprint density at radius 3 is 2.45 bits per heavy atom. The van der Waals surface area contributed by atoms with Crippen molar-refractivity contribution in [1.82, 2.24) is 4.98 Å². The van der Waals surface area contributed by atoms with E-state index in [4.69, 9.17) is 4.42 Å². The molecule has 3 aromatic rings. The van der Waals surface area contributed by atoms with Crippen LogP contribution >= 0.6 is 0 Å². The van der Waals surface area contributed by atoms with E-state index in [1.54, 1.807) is 18.2 Å². The molecule has 5 heteroatoms. The summed E-state index contributed by atoms with van der Waals surface area (Å²) in [6.45, 7) is 0. The van der Waals surface area contributed by atoms with E-state index in [0.717, 1.165) is 5.56 Å². The number of aromatic nitrogens is 1. The minimum Gasteiger partial charge on any atom is -0.444 e. The predicted molar refractivity (Wildman–Crippen MR) is 74.0 cm³/mol. The summed E-state index contributed by atoms with van der Waals surface area (Å²) in [5, 5.41) is 11.0. The monoisotopic (exact) mass is 266 g/mol. The van der Waals surface area contributed by atoms with Gasteiger partial charge in [-0.2, -0.15) is 0 Å². The van der Waals surface area contributed by atoms with E-state index >= 15 is 0 Å². The lowest BCUT2D eigenvalue weighted by molar-refractivity contribution is -0.384. The van der Waals surface area contributed by atoms with Gasteiger partial charge in [-0.05, 0) is 18.2 Å². The van der Waals surface area contributed by atoms with Crippen LogP contribution in [0.3, 0.4) is 0 Å². The van der Waals surface area contributed by atoms with Gasteiger partial charge in [0.15, 0.2) is 0 Å². The van der Waals surface area contributed by atoms with Crippen LogP contribution in [-0.4, -0.2) is 9.91 Å². The molecule has 0 spiro atoms. The summed E-state index contributed by atoms with van der Waals surface area (Å²) in [4.78, 5) is 14.9. The highest BCUT2D eigenvalue weighted by molar-refractivity contribution is 5.71. The molecule has 0 unspecified atom stereocenters. The first-order valence-electron chi connectivity index (χ1n) is 6.00. The highest BCUT2D eigenvalue weighted by Gasteiger charge is 2.17. The summed E-state index contributed by atoms with van der Waals surface area (Å²) < 4.78 is 5.41. The minimum atomic E-state index is -0.424. The quantitative estimate of drug-likeness (QED) is 0.532. The van der Waals surface area contributed by atoms with E-state index in [9.17, 15) is 10.1 Å². The Hall–Kier alpha value is -2.95. The van der Waals surface area contributed by atoms with Gasteiger partial charge in [-0.1, -0.05) is 30.3 Å². The van der Waals surface area contributed by atoms with Gasteiger partial charge in [0.25, 0.3) is 5.69 Å². The summed E-state index contributed by atoms with van der Waals surface area (Å²) in [5.74, 6) is 0.443. The van der Waals surface area contributed by atoms with Crippen molar-refractivity contribution >= 4 is 5.69 Å². The van der Waals surface area contributed by atoms with Crippen LogP contribution in [0.1, 0.15) is 0 Å². The number of hydrogen-bond donors (Lipinski definition) is 0. The maximum atomic E-state index is 11.0. The largest absolute Gasteiger partial charge is 0.444 e. The molecule has 0 bridgehead atoms. The lowest BCUT2D eigenvalue weighted by atomic mass is 10.1. The standard InChI is InChI=1S/C15H10N2O3/c18-17(19)14-9-5-4-8-12(14)13-10-20-15(16-13)11-6-2-1-3-7-11/h1-10H. The van der Waals surface area contributed by atoms with Gasteiger partial charge in [0.1, 0.15) is 12.0 Å². The zero-order valence-corrected chi connectivity index (χ0v) is 10.4. The van der Waals surface area contributed by atoms with Gasteiger partial charge in [0.05, 0.1) is 10.5 Å². The van der Waals surface area contributed by atoms with Crippen molar-refractivity contribution in [2.75, 3.05) is 0 Å². The molecule has 1 heterocycles. The predicted octanol–water partition coefficient (Wildman–Crippen LogP) is 3.92. The number of nitro benzene ring substituents is 1. The second-order valence-electron chi connectivity index (χ2n) is 4.18. The van der Waals surface area contributed by atoms with E-state index < -0.39 is 4.92 Å². The summed E-state index contributed by atoms with van der Waals surface area (Å²) in [6.07, 6.45) is 1.44. The van der Waals surface area contributed by atoms with Gasteiger partial charge in [-0.15, -0.1) is 0 Å².